The van der Waals surface area contributed by atoms with E-state index in [4.69, 9.17) is 4.78 Å². The molecule has 1 saturated carbocycles. The van der Waals surface area contributed by atoms with Crippen LogP contribution >= 0.6 is 0 Å². The Kier molecular flexibility index (Phi) is 2.62. The van der Waals surface area contributed by atoms with Gasteiger partial charge in [-0.3, -0.25) is 9.76 Å². The first-order valence-corrected chi connectivity index (χ1v) is 7.85. The van der Waals surface area contributed by atoms with Crippen LogP contribution in [0.5, 0.6) is 0 Å². The van der Waals surface area contributed by atoms with Crippen molar-refractivity contribution < 1.29 is 4.21 Å². The highest BCUT2D eigenvalue weighted by atomic mass is 32.2. The third-order valence-electron chi connectivity index (χ3n) is 3.43. The van der Waals surface area contributed by atoms with Crippen LogP contribution in [-0.2, 0) is 19.9 Å². The predicted octanol–water partition coefficient (Wildman–Crippen LogP) is 3.04. The van der Waals surface area contributed by atoms with Crippen molar-refractivity contribution in [1.29, 1.82) is 4.78 Å². The van der Waals surface area contributed by atoms with Gasteiger partial charge in [0.05, 0.1) is 20.2 Å². The maximum Gasteiger partial charge on any atom is 0.0956 e. The molecule has 1 aromatic rings. The van der Waals surface area contributed by atoms with Crippen molar-refractivity contribution in [3.8, 4) is 0 Å². The number of pyridine rings is 1. The van der Waals surface area contributed by atoms with Gasteiger partial charge in [0.1, 0.15) is 0 Å². The van der Waals surface area contributed by atoms with E-state index >= 15 is 0 Å². The van der Waals surface area contributed by atoms with Gasteiger partial charge in [-0.1, -0.05) is 26.8 Å². The van der Waals surface area contributed by atoms with Crippen LogP contribution in [0.4, 0.5) is 0 Å². The van der Waals surface area contributed by atoms with E-state index in [1.165, 1.54) is 6.26 Å². The molecule has 94 valence electrons. The summed E-state index contributed by atoms with van der Waals surface area (Å²) in [5.41, 5.74) is 1.83. The zero-order valence-electron chi connectivity index (χ0n) is 10.9. The summed E-state index contributed by atoms with van der Waals surface area (Å²) in [4.78, 5) is 4.65. The van der Waals surface area contributed by atoms with Gasteiger partial charge in [0.15, 0.2) is 0 Å². The first kappa shape index (κ1) is 12.6. The van der Waals surface area contributed by atoms with Crippen LogP contribution in [0.25, 0.3) is 0 Å². The van der Waals surface area contributed by atoms with E-state index in [9.17, 15) is 4.21 Å². The van der Waals surface area contributed by atoms with Gasteiger partial charge in [0.25, 0.3) is 0 Å². The molecule has 17 heavy (non-hydrogen) atoms. The highest BCUT2D eigenvalue weighted by molar-refractivity contribution is 7.92. The fourth-order valence-electron chi connectivity index (χ4n) is 2.06. The van der Waals surface area contributed by atoms with Crippen LogP contribution in [0.1, 0.15) is 45.0 Å². The van der Waals surface area contributed by atoms with E-state index in [1.54, 1.807) is 0 Å². The lowest BCUT2D eigenvalue weighted by Crippen LogP contribution is -2.22. The van der Waals surface area contributed by atoms with Crippen molar-refractivity contribution in [2.75, 3.05) is 6.26 Å². The number of aromatic nitrogens is 1. The fourth-order valence-corrected chi connectivity index (χ4v) is 3.46. The summed E-state index contributed by atoms with van der Waals surface area (Å²) in [6.45, 7) is 6.34. The molecule has 1 aliphatic rings. The van der Waals surface area contributed by atoms with Crippen LogP contribution in [0.2, 0.25) is 0 Å². The molecule has 3 nitrogen and oxygen atoms in total. The van der Waals surface area contributed by atoms with Crippen LogP contribution in [0.3, 0.4) is 0 Å². The van der Waals surface area contributed by atoms with E-state index in [0.717, 1.165) is 24.2 Å². The highest BCUT2D eigenvalue weighted by Crippen LogP contribution is 2.52. The van der Waals surface area contributed by atoms with Gasteiger partial charge in [-0.25, -0.2) is 4.21 Å². The molecule has 1 aliphatic carbocycles. The molecule has 0 radical (unpaired) electrons. The summed E-state index contributed by atoms with van der Waals surface area (Å²) in [6, 6.07) is 5.88. The average Bonchev–Trinajstić information content (AvgIpc) is 2.96. The fraction of sp³-hybridized carbons (Fsp3) is 0.615. The average molecular weight is 252 g/mol. The standard InChI is InChI=1S/C13H20N2OS/c1-12(2,3)10-6-5-7-11(15-10)13(8-9-13)17(4,14)16/h5-7,14H,8-9H2,1-4H3. The minimum absolute atomic E-state index is 0.0112. The summed E-state index contributed by atoms with van der Waals surface area (Å²) >= 11 is 0. The third-order valence-corrected chi connectivity index (χ3v) is 5.54. The van der Waals surface area contributed by atoms with E-state index in [0.29, 0.717) is 0 Å². The normalized spacial score (nSPS) is 21.9. The highest BCUT2D eigenvalue weighted by Gasteiger charge is 2.52. The van der Waals surface area contributed by atoms with Crippen molar-refractivity contribution >= 4 is 9.73 Å². The van der Waals surface area contributed by atoms with Gasteiger partial charge in [-0.15, -0.1) is 0 Å². The molecule has 1 heterocycles. The molecule has 1 atom stereocenters. The van der Waals surface area contributed by atoms with E-state index in [1.807, 2.05) is 18.2 Å². The first-order valence-electron chi connectivity index (χ1n) is 5.88. The lowest BCUT2D eigenvalue weighted by Gasteiger charge is -2.21. The molecule has 0 amide bonds. The monoisotopic (exact) mass is 252 g/mol. The molecule has 1 fully saturated rings. The second kappa shape index (κ2) is 3.55. The van der Waals surface area contributed by atoms with Gasteiger partial charge in [-0.2, -0.15) is 0 Å². The second-order valence-corrected chi connectivity index (χ2v) is 8.46. The third kappa shape index (κ3) is 2.10. The number of nitrogens with zero attached hydrogens (tertiary/aromatic N) is 1. The van der Waals surface area contributed by atoms with E-state index in [-0.39, 0.29) is 5.41 Å². The van der Waals surface area contributed by atoms with Crippen molar-refractivity contribution in [2.45, 2.75) is 43.8 Å². The minimum atomic E-state index is -2.57. The summed E-state index contributed by atoms with van der Waals surface area (Å²) in [6.07, 6.45) is 3.18. The lowest BCUT2D eigenvalue weighted by atomic mass is 9.91. The van der Waals surface area contributed by atoms with Gasteiger partial charge < -0.3 is 0 Å². The van der Waals surface area contributed by atoms with Gasteiger partial charge >= 0.3 is 0 Å². The SMILES string of the molecule is CC(C)(C)c1cccc(C2(S(C)(=N)=O)CC2)n1. The van der Waals surface area contributed by atoms with Gasteiger partial charge in [-0.05, 0) is 25.0 Å². The Labute approximate surface area is 104 Å². The number of nitrogens with one attached hydrogen (secondary N) is 1. The molecule has 2 rings (SSSR count). The van der Waals surface area contributed by atoms with Crippen molar-refractivity contribution in [3.63, 3.8) is 0 Å². The topological polar surface area (TPSA) is 53.8 Å². The maximum atomic E-state index is 12.1. The van der Waals surface area contributed by atoms with Crippen molar-refractivity contribution in [1.82, 2.24) is 4.98 Å². The summed E-state index contributed by atoms with van der Waals surface area (Å²) in [5.74, 6) is 0. The smallest absolute Gasteiger partial charge is 0.0956 e. The summed E-state index contributed by atoms with van der Waals surface area (Å²) in [5, 5.41) is 0. The Morgan fingerprint density at radius 3 is 2.35 bits per heavy atom. The number of rotatable bonds is 2. The molecular formula is C13H20N2OS. The van der Waals surface area contributed by atoms with Gasteiger partial charge in [0.2, 0.25) is 0 Å². The molecule has 1 unspecified atom stereocenters. The molecular weight excluding hydrogens is 232 g/mol. The summed E-state index contributed by atoms with van der Waals surface area (Å²) < 4.78 is 19.4. The maximum absolute atomic E-state index is 12.1. The Bertz CT molecular complexity index is 537. The largest absolute Gasteiger partial charge is 0.256 e. The Morgan fingerprint density at radius 1 is 1.35 bits per heavy atom. The predicted molar refractivity (Wildman–Crippen MR) is 70.6 cm³/mol. The van der Waals surface area contributed by atoms with Crippen molar-refractivity contribution in [3.05, 3.63) is 29.6 Å². The Balaban J connectivity index is 2.49. The zero-order valence-corrected chi connectivity index (χ0v) is 11.7. The molecule has 1 N–H and O–H groups in total. The van der Waals surface area contributed by atoms with E-state index < -0.39 is 14.5 Å². The van der Waals surface area contributed by atoms with Crippen LogP contribution in [0.15, 0.2) is 18.2 Å². The number of hydrogen-bond donors (Lipinski definition) is 1. The molecule has 4 heteroatoms. The van der Waals surface area contributed by atoms with Crippen molar-refractivity contribution in [2.24, 2.45) is 0 Å². The second-order valence-electron chi connectivity index (χ2n) is 6.00. The molecule has 0 bridgehead atoms. The Morgan fingerprint density at radius 2 is 1.94 bits per heavy atom. The Hall–Kier alpha value is -0.900. The molecule has 0 aromatic carbocycles. The first-order chi connectivity index (χ1) is 7.67. The minimum Gasteiger partial charge on any atom is -0.256 e. The molecule has 0 aliphatic heterocycles. The lowest BCUT2D eigenvalue weighted by molar-refractivity contribution is 0.563. The zero-order chi connectivity index (χ0) is 12.9. The molecule has 0 spiro atoms. The van der Waals surface area contributed by atoms with Crippen LogP contribution in [0, 0.1) is 4.78 Å². The van der Waals surface area contributed by atoms with Crippen LogP contribution < -0.4 is 0 Å². The quantitative estimate of drug-likeness (QED) is 0.879. The molecule has 1 aromatic heterocycles. The molecule has 0 saturated heterocycles. The van der Waals surface area contributed by atoms with E-state index in [2.05, 4.69) is 25.8 Å². The summed E-state index contributed by atoms with van der Waals surface area (Å²) in [7, 11) is -2.57. The number of hydrogen-bond acceptors (Lipinski definition) is 3. The van der Waals surface area contributed by atoms with Crippen LogP contribution in [-0.4, -0.2) is 15.4 Å². The van der Waals surface area contributed by atoms with Gasteiger partial charge in [0, 0.05) is 17.4 Å².